The van der Waals surface area contributed by atoms with Gasteiger partial charge in [-0.05, 0) is 43.3 Å². The van der Waals surface area contributed by atoms with E-state index in [-0.39, 0.29) is 29.9 Å². The molecule has 1 amide bonds. The Hall–Kier alpha value is -3.26. The zero-order chi connectivity index (χ0) is 20.4. The van der Waals surface area contributed by atoms with Gasteiger partial charge in [0.1, 0.15) is 11.0 Å². The lowest BCUT2D eigenvalue weighted by atomic mass is 10.1. The molecule has 1 atom stereocenters. The van der Waals surface area contributed by atoms with Gasteiger partial charge in [-0.25, -0.2) is 8.42 Å². The van der Waals surface area contributed by atoms with Crippen LogP contribution in [-0.4, -0.2) is 27.7 Å². The summed E-state index contributed by atoms with van der Waals surface area (Å²) in [7, 11) is -3.88. The van der Waals surface area contributed by atoms with Gasteiger partial charge < -0.3 is 19.2 Å². The van der Waals surface area contributed by atoms with Gasteiger partial charge >= 0.3 is 0 Å². The number of sulfone groups is 1. The van der Waals surface area contributed by atoms with E-state index in [0.29, 0.717) is 17.1 Å². The topological polar surface area (TPSA) is 94.8 Å². The van der Waals surface area contributed by atoms with Crippen molar-refractivity contribution in [3.05, 3.63) is 77.7 Å². The Morgan fingerprint density at radius 1 is 1.07 bits per heavy atom. The number of hydrogen-bond acceptors (Lipinski definition) is 6. The number of carbonyl (C=O) groups excluding carboxylic acids is 1. The summed E-state index contributed by atoms with van der Waals surface area (Å²) in [5.41, 5.74) is 1.40. The van der Waals surface area contributed by atoms with Gasteiger partial charge in [0.15, 0.2) is 21.3 Å². The fraction of sp³-hybridized carbons (Fsp3) is 0.190. The van der Waals surface area contributed by atoms with Crippen LogP contribution in [0.2, 0.25) is 0 Å². The predicted octanol–water partition coefficient (Wildman–Crippen LogP) is 3.26. The number of benzene rings is 2. The van der Waals surface area contributed by atoms with E-state index >= 15 is 0 Å². The monoisotopic (exact) mass is 413 g/mol. The zero-order valence-electron chi connectivity index (χ0n) is 15.6. The molecular weight excluding hydrogens is 394 g/mol. The first kappa shape index (κ1) is 19.1. The van der Waals surface area contributed by atoms with Crippen LogP contribution in [0.5, 0.6) is 11.5 Å². The van der Waals surface area contributed by atoms with Crippen LogP contribution in [0.15, 0.2) is 70.2 Å². The van der Waals surface area contributed by atoms with Crippen LogP contribution in [0.4, 0.5) is 0 Å². The van der Waals surface area contributed by atoms with E-state index in [0.717, 1.165) is 5.56 Å². The van der Waals surface area contributed by atoms with E-state index in [1.807, 2.05) is 13.0 Å². The minimum absolute atomic E-state index is 0.0486. The summed E-state index contributed by atoms with van der Waals surface area (Å²) >= 11 is 0. The summed E-state index contributed by atoms with van der Waals surface area (Å²) < 4.78 is 42.6. The molecule has 4 rings (SSSR count). The van der Waals surface area contributed by atoms with Crippen LogP contribution in [0, 0.1) is 6.92 Å². The highest BCUT2D eigenvalue weighted by atomic mass is 32.2. The van der Waals surface area contributed by atoms with Crippen molar-refractivity contribution in [3.8, 4) is 11.5 Å². The molecule has 0 saturated heterocycles. The molecule has 0 spiro atoms. The van der Waals surface area contributed by atoms with Gasteiger partial charge in [-0.1, -0.05) is 17.7 Å². The summed E-state index contributed by atoms with van der Waals surface area (Å²) in [6.45, 7) is 1.79. The Kier molecular flexibility index (Phi) is 5.02. The van der Waals surface area contributed by atoms with Crippen molar-refractivity contribution in [3.63, 3.8) is 0 Å². The Morgan fingerprint density at radius 2 is 1.90 bits per heavy atom. The number of rotatable bonds is 6. The first-order valence-electron chi connectivity index (χ1n) is 8.97. The third-order valence-electron chi connectivity index (χ3n) is 4.64. The van der Waals surface area contributed by atoms with Crippen molar-refractivity contribution in [1.29, 1.82) is 0 Å². The third kappa shape index (κ3) is 3.84. The van der Waals surface area contributed by atoms with Gasteiger partial charge in [-0.3, -0.25) is 4.79 Å². The molecule has 0 aliphatic carbocycles. The largest absolute Gasteiger partial charge is 0.468 e. The third-order valence-corrected chi connectivity index (χ3v) is 6.70. The highest BCUT2D eigenvalue weighted by molar-refractivity contribution is 7.91. The number of aryl methyl sites for hydroxylation is 1. The Labute approximate surface area is 168 Å². The SMILES string of the molecule is Cc1cccc(C(=O)NC[C@H](c2ccco2)S(=O)(=O)c2ccc3c(c2)OCO3)c1. The Bertz CT molecular complexity index is 1140. The van der Waals surface area contributed by atoms with Crippen molar-refractivity contribution in [1.82, 2.24) is 5.32 Å². The van der Waals surface area contributed by atoms with Gasteiger partial charge in [0.2, 0.25) is 6.79 Å². The summed E-state index contributed by atoms with van der Waals surface area (Å²) in [5, 5.41) is 1.62. The predicted molar refractivity (Wildman–Crippen MR) is 105 cm³/mol. The average Bonchev–Trinajstić information content (AvgIpc) is 3.39. The molecule has 2 aromatic carbocycles. The van der Waals surface area contributed by atoms with Crippen LogP contribution in [0.25, 0.3) is 0 Å². The van der Waals surface area contributed by atoms with E-state index in [9.17, 15) is 13.2 Å². The van der Waals surface area contributed by atoms with E-state index in [4.69, 9.17) is 13.9 Å². The maximum Gasteiger partial charge on any atom is 0.251 e. The highest BCUT2D eigenvalue weighted by Crippen LogP contribution is 2.37. The molecule has 1 aliphatic heterocycles. The van der Waals surface area contributed by atoms with Gasteiger partial charge in [-0.15, -0.1) is 0 Å². The quantitative estimate of drug-likeness (QED) is 0.667. The summed E-state index contributed by atoms with van der Waals surface area (Å²) in [4.78, 5) is 12.6. The molecule has 150 valence electrons. The van der Waals surface area contributed by atoms with Gasteiger partial charge in [-0.2, -0.15) is 0 Å². The lowest BCUT2D eigenvalue weighted by Crippen LogP contribution is -2.31. The van der Waals surface area contributed by atoms with Crippen LogP contribution in [0.1, 0.15) is 26.9 Å². The van der Waals surface area contributed by atoms with Crippen molar-refractivity contribution < 1.29 is 27.1 Å². The van der Waals surface area contributed by atoms with Crippen LogP contribution in [-0.2, 0) is 9.84 Å². The number of ether oxygens (including phenoxy) is 2. The molecule has 0 radical (unpaired) electrons. The van der Waals surface area contributed by atoms with E-state index in [2.05, 4.69) is 5.32 Å². The van der Waals surface area contributed by atoms with Crippen LogP contribution in [0.3, 0.4) is 0 Å². The number of fused-ring (bicyclic) bond motifs is 1. The molecule has 0 bridgehead atoms. The number of furan rings is 1. The minimum Gasteiger partial charge on any atom is -0.468 e. The van der Waals surface area contributed by atoms with E-state index < -0.39 is 15.1 Å². The van der Waals surface area contributed by atoms with Gasteiger partial charge in [0.05, 0.1) is 11.2 Å². The van der Waals surface area contributed by atoms with Crippen LogP contribution < -0.4 is 14.8 Å². The Balaban J connectivity index is 1.61. The molecule has 1 N–H and O–H groups in total. The normalized spacial score (nSPS) is 13.8. The molecule has 2 heterocycles. The highest BCUT2D eigenvalue weighted by Gasteiger charge is 2.33. The molecule has 29 heavy (non-hydrogen) atoms. The number of amides is 1. The van der Waals surface area contributed by atoms with Crippen molar-refractivity contribution in [2.24, 2.45) is 0 Å². The van der Waals surface area contributed by atoms with Gasteiger partial charge in [0, 0.05) is 18.2 Å². The second kappa shape index (κ2) is 7.63. The fourth-order valence-electron chi connectivity index (χ4n) is 3.13. The second-order valence-corrected chi connectivity index (χ2v) is 8.77. The first-order valence-corrected chi connectivity index (χ1v) is 10.5. The summed E-state index contributed by atoms with van der Waals surface area (Å²) in [6.07, 6.45) is 1.40. The number of nitrogens with one attached hydrogen (secondary N) is 1. The lowest BCUT2D eigenvalue weighted by Gasteiger charge is -2.17. The molecule has 8 heteroatoms. The molecule has 0 fully saturated rings. The smallest absolute Gasteiger partial charge is 0.251 e. The fourth-order valence-corrected chi connectivity index (χ4v) is 4.73. The molecule has 3 aromatic rings. The van der Waals surface area contributed by atoms with Crippen molar-refractivity contribution in [2.45, 2.75) is 17.1 Å². The second-order valence-electron chi connectivity index (χ2n) is 6.64. The van der Waals surface area contributed by atoms with Crippen LogP contribution >= 0.6 is 0 Å². The zero-order valence-corrected chi connectivity index (χ0v) is 16.4. The molecule has 1 aromatic heterocycles. The van der Waals surface area contributed by atoms with E-state index in [1.165, 1.54) is 18.4 Å². The van der Waals surface area contributed by atoms with Crippen molar-refractivity contribution in [2.75, 3.05) is 13.3 Å². The van der Waals surface area contributed by atoms with E-state index in [1.54, 1.807) is 36.4 Å². The molecule has 1 aliphatic rings. The average molecular weight is 413 g/mol. The number of hydrogen-bond donors (Lipinski definition) is 1. The summed E-state index contributed by atoms with van der Waals surface area (Å²) in [5.74, 6) is 0.748. The molecule has 7 nitrogen and oxygen atoms in total. The molecule has 0 unspecified atom stereocenters. The maximum atomic E-state index is 13.3. The van der Waals surface area contributed by atoms with Crippen molar-refractivity contribution >= 4 is 15.7 Å². The number of carbonyl (C=O) groups is 1. The Morgan fingerprint density at radius 3 is 2.66 bits per heavy atom. The molecule has 0 saturated carbocycles. The molecular formula is C21H19NO6S. The minimum atomic E-state index is -3.88. The maximum absolute atomic E-state index is 13.3. The van der Waals surface area contributed by atoms with Gasteiger partial charge in [0.25, 0.3) is 5.91 Å². The first-order chi connectivity index (χ1) is 13.9. The summed E-state index contributed by atoms with van der Waals surface area (Å²) in [6, 6.07) is 14.7. The lowest BCUT2D eigenvalue weighted by molar-refractivity contribution is 0.0953. The standard InChI is InChI=1S/C21H19NO6S/c1-14-4-2-5-15(10-14)21(23)22-12-20(18-6-3-9-26-18)29(24,25)16-7-8-17-19(11-16)28-13-27-17/h2-11,20H,12-13H2,1H3,(H,22,23)/t20-/m1/s1.